The molecule has 1 aliphatic rings. The van der Waals surface area contributed by atoms with Crippen LogP contribution in [0.15, 0.2) is 60.7 Å². The molecule has 1 heterocycles. The summed E-state index contributed by atoms with van der Waals surface area (Å²) >= 11 is 0. The van der Waals surface area contributed by atoms with E-state index in [2.05, 4.69) is 5.32 Å². The van der Waals surface area contributed by atoms with E-state index in [0.29, 0.717) is 5.56 Å². The predicted molar refractivity (Wildman–Crippen MR) is 66.6 cm³/mol. The molecule has 2 atom stereocenters. The fourth-order valence-corrected chi connectivity index (χ4v) is 2.33. The summed E-state index contributed by atoms with van der Waals surface area (Å²) in [7, 11) is 0. The van der Waals surface area contributed by atoms with Crippen LogP contribution in [0.3, 0.4) is 0 Å². The van der Waals surface area contributed by atoms with E-state index < -0.39 is 17.6 Å². The van der Waals surface area contributed by atoms with Gasteiger partial charge in [-0.1, -0.05) is 60.7 Å². The highest BCUT2D eigenvalue weighted by Crippen LogP contribution is 2.45. The number of carbonyl (C=O) groups excluding carboxylic acids is 1. The van der Waals surface area contributed by atoms with Crippen molar-refractivity contribution < 1.29 is 9.18 Å². The minimum absolute atomic E-state index is 0.405. The molecule has 0 saturated carbocycles. The number of benzene rings is 2. The van der Waals surface area contributed by atoms with Crippen molar-refractivity contribution in [3.63, 3.8) is 0 Å². The maximum atomic E-state index is 15.0. The molecule has 90 valence electrons. The highest BCUT2D eigenvalue weighted by atomic mass is 19.1. The van der Waals surface area contributed by atoms with E-state index in [9.17, 15) is 9.18 Å². The van der Waals surface area contributed by atoms with E-state index >= 15 is 0 Å². The van der Waals surface area contributed by atoms with Crippen LogP contribution in [0.25, 0.3) is 0 Å². The van der Waals surface area contributed by atoms with Gasteiger partial charge in [0.2, 0.25) is 5.67 Å². The van der Waals surface area contributed by atoms with Crippen molar-refractivity contribution in [3.05, 3.63) is 71.8 Å². The second kappa shape index (κ2) is 3.95. The molecule has 0 radical (unpaired) electrons. The molecule has 1 aliphatic heterocycles. The number of hydrogen-bond acceptors (Lipinski definition) is 1. The highest BCUT2D eigenvalue weighted by molar-refractivity contribution is 5.94. The summed E-state index contributed by atoms with van der Waals surface area (Å²) in [5.74, 6) is -0.567. The molecular weight excluding hydrogens is 229 g/mol. The number of carbonyl (C=O) groups is 1. The van der Waals surface area contributed by atoms with Gasteiger partial charge in [-0.25, -0.2) is 4.39 Å². The first-order valence-electron chi connectivity index (χ1n) is 5.83. The fraction of sp³-hybridized carbons (Fsp3) is 0.133. The Balaban J connectivity index is 2.02. The summed E-state index contributed by atoms with van der Waals surface area (Å²) in [6.07, 6.45) is 0. The van der Waals surface area contributed by atoms with Crippen LogP contribution in [0.4, 0.5) is 4.39 Å². The van der Waals surface area contributed by atoms with Gasteiger partial charge in [-0.15, -0.1) is 0 Å². The number of β-lactam (4-membered cyclic amide) rings is 1. The quantitative estimate of drug-likeness (QED) is 0.805. The molecule has 1 N–H and O–H groups in total. The molecular formula is C15H12FNO. The molecule has 1 fully saturated rings. The lowest BCUT2D eigenvalue weighted by Gasteiger charge is -2.43. The van der Waals surface area contributed by atoms with Gasteiger partial charge in [-0.3, -0.25) is 4.79 Å². The molecule has 0 aromatic heterocycles. The highest BCUT2D eigenvalue weighted by Gasteiger charge is 2.57. The Bertz CT molecular complexity index is 570. The van der Waals surface area contributed by atoms with Crippen LogP contribution in [0.2, 0.25) is 0 Å². The summed E-state index contributed by atoms with van der Waals surface area (Å²) in [4.78, 5) is 11.7. The van der Waals surface area contributed by atoms with E-state index in [1.54, 1.807) is 30.3 Å². The zero-order valence-corrected chi connectivity index (χ0v) is 9.64. The van der Waals surface area contributed by atoms with Crippen molar-refractivity contribution in [1.29, 1.82) is 0 Å². The first-order chi connectivity index (χ1) is 8.73. The molecule has 2 nitrogen and oxygen atoms in total. The number of amides is 1. The molecule has 3 heteroatoms. The SMILES string of the molecule is O=C1N[C@@H](c2ccccc2)[C@]1(F)c1ccccc1. The molecule has 0 spiro atoms. The van der Waals surface area contributed by atoms with Crippen molar-refractivity contribution in [2.45, 2.75) is 11.7 Å². The molecule has 1 amide bonds. The lowest BCUT2D eigenvalue weighted by Crippen LogP contribution is -2.61. The van der Waals surface area contributed by atoms with E-state index in [4.69, 9.17) is 0 Å². The van der Waals surface area contributed by atoms with E-state index in [1.165, 1.54) is 0 Å². The zero-order chi connectivity index (χ0) is 12.6. The second-order valence-electron chi connectivity index (χ2n) is 4.39. The molecule has 0 aliphatic carbocycles. The second-order valence-corrected chi connectivity index (χ2v) is 4.39. The predicted octanol–water partition coefficient (Wildman–Crippen LogP) is 2.72. The maximum absolute atomic E-state index is 15.0. The van der Waals surface area contributed by atoms with Crippen molar-refractivity contribution in [2.75, 3.05) is 0 Å². The van der Waals surface area contributed by atoms with Crippen LogP contribution in [0.1, 0.15) is 17.2 Å². The van der Waals surface area contributed by atoms with Gasteiger partial charge in [0.1, 0.15) is 6.04 Å². The minimum atomic E-state index is -1.96. The third-order valence-electron chi connectivity index (χ3n) is 3.33. The molecule has 3 rings (SSSR count). The van der Waals surface area contributed by atoms with Gasteiger partial charge in [0, 0.05) is 5.56 Å². The normalized spacial score (nSPS) is 26.3. The Morgan fingerprint density at radius 1 is 0.944 bits per heavy atom. The Morgan fingerprint density at radius 3 is 2.06 bits per heavy atom. The smallest absolute Gasteiger partial charge is 0.265 e. The topological polar surface area (TPSA) is 29.1 Å². The summed E-state index contributed by atoms with van der Waals surface area (Å²) in [5, 5.41) is 2.63. The van der Waals surface area contributed by atoms with Crippen LogP contribution in [0.5, 0.6) is 0 Å². The van der Waals surface area contributed by atoms with Crippen molar-refractivity contribution in [2.24, 2.45) is 0 Å². The lowest BCUT2D eigenvalue weighted by atomic mass is 9.77. The third kappa shape index (κ3) is 1.44. The maximum Gasteiger partial charge on any atom is 0.265 e. The van der Waals surface area contributed by atoms with Gasteiger partial charge in [0.15, 0.2) is 0 Å². The van der Waals surface area contributed by atoms with Gasteiger partial charge in [-0.2, -0.15) is 0 Å². The van der Waals surface area contributed by atoms with Crippen LogP contribution >= 0.6 is 0 Å². The first-order valence-corrected chi connectivity index (χ1v) is 5.83. The zero-order valence-electron chi connectivity index (χ0n) is 9.64. The summed E-state index contributed by atoms with van der Waals surface area (Å²) in [6, 6.07) is 17.2. The number of halogens is 1. The Hall–Kier alpha value is -2.16. The summed E-state index contributed by atoms with van der Waals surface area (Å²) in [6.45, 7) is 0. The van der Waals surface area contributed by atoms with Gasteiger partial charge >= 0.3 is 0 Å². The van der Waals surface area contributed by atoms with Gasteiger partial charge < -0.3 is 5.32 Å². The van der Waals surface area contributed by atoms with Crippen LogP contribution in [-0.4, -0.2) is 5.91 Å². The monoisotopic (exact) mass is 241 g/mol. The van der Waals surface area contributed by atoms with Crippen LogP contribution in [0, 0.1) is 0 Å². The number of nitrogens with one attached hydrogen (secondary N) is 1. The number of hydrogen-bond donors (Lipinski definition) is 1. The summed E-state index contributed by atoms with van der Waals surface area (Å²) in [5.41, 5.74) is -0.770. The lowest BCUT2D eigenvalue weighted by molar-refractivity contribution is -0.150. The van der Waals surface area contributed by atoms with Crippen LogP contribution < -0.4 is 5.32 Å². The van der Waals surface area contributed by atoms with Gasteiger partial charge in [0.25, 0.3) is 5.91 Å². The minimum Gasteiger partial charge on any atom is -0.342 e. The Labute approximate surface area is 104 Å². The van der Waals surface area contributed by atoms with E-state index in [-0.39, 0.29) is 0 Å². The third-order valence-corrected chi connectivity index (χ3v) is 3.33. The van der Waals surface area contributed by atoms with Gasteiger partial charge in [-0.05, 0) is 5.56 Å². The molecule has 2 aromatic carbocycles. The molecule has 18 heavy (non-hydrogen) atoms. The Morgan fingerprint density at radius 2 is 1.50 bits per heavy atom. The van der Waals surface area contributed by atoms with Crippen molar-refractivity contribution in [3.8, 4) is 0 Å². The van der Waals surface area contributed by atoms with Crippen molar-refractivity contribution >= 4 is 5.91 Å². The van der Waals surface area contributed by atoms with E-state index in [1.807, 2.05) is 30.3 Å². The molecule has 1 saturated heterocycles. The molecule has 0 unspecified atom stereocenters. The number of alkyl halides is 1. The van der Waals surface area contributed by atoms with Crippen molar-refractivity contribution in [1.82, 2.24) is 5.32 Å². The average Bonchev–Trinajstić information content (AvgIpc) is 2.45. The molecule has 0 bridgehead atoms. The standard InChI is InChI=1S/C15H12FNO/c16-15(12-9-5-2-6-10-12)13(17-14(15)18)11-7-3-1-4-8-11/h1-10,13H,(H,17,18)/t13-,15+/m0/s1. The Kier molecular flexibility index (Phi) is 2.40. The van der Waals surface area contributed by atoms with Gasteiger partial charge in [0.05, 0.1) is 0 Å². The fourth-order valence-electron chi connectivity index (χ4n) is 2.33. The summed E-state index contributed by atoms with van der Waals surface area (Å²) < 4.78 is 15.0. The largest absolute Gasteiger partial charge is 0.342 e. The average molecular weight is 241 g/mol. The van der Waals surface area contributed by atoms with E-state index in [0.717, 1.165) is 5.56 Å². The first kappa shape index (κ1) is 11.0. The van der Waals surface area contributed by atoms with Crippen LogP contribution in [-0.2, 0) is 10.5 Å². The number of rotatable bonds is 2. The molecule has 2 aromatic rings.